The van der Waals surface area contributed by atoms with Crippen molar-refractivity contribution in [3.8, 4) is 11.5 Å². The van der Waals surface area contributed by atoms with Gasteiger partial charge in [0.1, 0.15) is 17.1 Å². The minimum absolute atomic E-state index is 0.0273. The van der Waals surface area contributed by atoms with Gasteiger partial charge in [-0.3, -0.25) is 0 Å². The second-order valence-electron chi connectivity index (χ2n) is 17.6. The van der Waals surface area contributed by atoms with Gasteiger partial charge in [0, 0.05) is 55.7 Å². The van der Waals surface area contributed by atoms with Crippen LogP contribution in [0.4, 0.5) is 5.69 Å². The van der Waals surface area contributed by atoms with E-state index < -0.39 is 15.8 Å². The monoisotopic (exact) mass is 803 g/mol. The normalized spacial score (nSPS) is 24.7. The smallest absolute Gasteiger partial charge is 0.338 e. The van der Waals surface area contributed by atoms with Gasteiger partial charge in [0.15, 0.2) is 0 Å². The molecule has 0 radical (unpaired) electrons. The van der Waals surface area contributed by atoms with Gasteiger partial charge in [-0.2, -0.15) is 17.4 Å². The molecule has 4 atom stereocenters. The van der Waals surface area contributed by atoms with Crippen LogP contribution in [0.15, 0.2) is 72.3 Å². The molecule has 2 aliphatic heterocycles. The van der Waals surface area contributed by atoms with E-state index in [0.29, 0.717) is 37.1 Å². The summed E-state index contributed by atoms with van der Waals surface area (Å²) >= 11 is 6.49. The zero-order valence-corrected chi connectivity index (χ0v) is 34.7. The Labute approximate surface area is 336 Å². The number of fused-ring (bicyclic) bond motifs is 3. The highest BCUT2D eigenvalue weighted by atomic mass is 35.5. The Morgan fingerprint density at radius 2 is 1.80 bits per heavy atom. The number of rotatable bonds is 11. The van der Waals surface area contributed by atoms with Crippen LogP contribution in [0.25, 0.3) is 0 Å². The molecule has 1 saturated heterocycles. The molecule has 2 heterocycles. The van der Waals surface area contributed by atoms with E-state index in [-0.39, 0.29) is 29.4 Å². The van der Waals surface area contributed by atoms with E-state index in [0.717, 1.165) is 79.4 Å². The van der Waals surface area contributed by atoms with Crippen LogP contribution in [0.2, 0.25) is 5.02 Å². The van der Waals surface area contributed by atoms with E-state index in [1.165, 1.54) is 21.0 Å². The zero-order chi connectivity index (χ0) is 39.5. The molecule has 8 rings (SSSR count). The number of halogens is 1. The number of anilines is 1. The Bertz CT molecular complexity index is 2110. The lowest BCUT2D eigenvalue weighted by molar-refractivity contribution is -0.0124. The van der Waals surface area contributed by atoms with Gasteiger partial charge in [-0.1, -0.05) is 35.9 Å². The molecule has 0 amide bonds. The van der Waals surface area contributed by atoms with Crippen LogP contribution < -0.4 is 19.1 Å². The van der Waals surface area contributed by atoms with Crippen molar-refractivity contribution in [2.75, 3.05) is 51.9 Å². The lowest BCUT2D eigenvalue weighted by Gasteiger charge is -2.55. The van der Waals surface area contributed by atoms with Crippen LogP contribution in [-0.4, -0.2) is 77.4 Å². The predicted octanol–water partition coefficient (Wildman–Crippen LogP) is 7.48. The molecule has 0 unspecified atom stereocenters. The van der Waals surface area contributed by atoms with Crippen molar-refractivity contribution in [3.63, 3.8) is 0 Å². The number of nitrogens with zero attached hydrogens (tertiary/aromatic N) is 2. The Kier molecular flexibility index (Phi) is 10.5. The molecule has 12 heteroatoms. The maximum atomic E-state index is 13.3. The molecular formula is C44H54ClN3O7S. The SMILES string of the molecule is COc1ccc(CNS(=O)(=O)N2CC3(C=C([C@H](OC)[C@@H]4CC[C@H]4CN4C[C@@]5(CCCc6cc(Cl)ccc65)COc5ccc(C(=O)OC(C)(C)C)cc54)C3)C2)cc1. The molecule has 10 nitrogen and oxygen atoms in total. The molecule has 0 aromatic heterocycles. The minimum Gasteiger partial charge on any atom is -0.497 e. The summed E-state index contributed by atoms with van der Waals surface area (Å²) in [7, 11) is -0.194. The first-order chi connectivity index (χ1) is 26.7. The van der Waals surface area contributed by atoms with Gasteiger partial charge in [-0.25, -0.2) is 4.79 Å². The summed E-state index contributed by atoms with van der Waals surface area (Å²) in [5.41, 5.74) is 5.19. The Morgan fingerprint density at radius 1 is 1.04 bits per heavy atom. The van der Waals surface area contributed by atoms with Crippen LogP contribution in [0.3, 0.4) is 0 Å². The van der Waals surface area contributed by atoms with Crippen molar-refractivity contribution in [2.45, 2.75) is 83.0 Å². The van der Waals surface area contributed by atoms with Gasteiger partial charge in [0.25, 0.3) is 10.2 Å². The first-order valence-electron chi connectivity index (χ1n) is 19.8. The lowest BCUT2D eigenvalue weighted by Crippen LogP contribution is -2.63. The molecule has 0 bridgehead atoms. The quantitative estimate of drug-likeness (QED) is 0.157. The van der Waals surface area contributed by atoms with Gasteiger partial charge in [0.2, 0.25) is 0 Å². The Hall–Kier alpha value is -3.61. The fraction of sp³-hybridized carbons (Fsp3) is 0.523. The van der Waals surface area contributed by atoms with E-state index in [4.69, 9.17) is 30.5 Å². The van der Waals surface area contributed by atoms with E-state index in [2.05, 4.69) is 27.8 Å². The maximum Gasteiger partial charge on any atom is 0.338 e. The van der Waals surface area contributed by atoms with Crippen LogP contribution >= 0.6 is 11.6 Å². The number of benzene rings is 3. The van der Waals surface area contributed by atoms with Crippen molar-refractivity contribution in [2.24, 2.45) is 17.3 Å². The molecule has 3 aromatic rings. The summed E-state index contributed by atoms with van der Waals surface area (Å²) < 4.78 is 54.5. The van der Waals surface area contributed by atoms with Crippen molar-refractivity contribution in [1.82, 2.24) is 9.03 Å². The molecule has 5 aliphatic rings. The third-order valence-corrected chi connectivity index (χ3v) is 14.3. The van der Waals surface area contributed by atoms with Crippen molar-refractivity contribution in [3.05, 3.63) is 99.6 Å². The fourth-order valence-corrected chi connectivity index (χ4v) is 11.3. The highest BCUT2D eigenvalue weighted by Gasteiger charge is 2.54. The Balaban J connectivity index is 0.984. The third kappa shape index (κ3) is 7.69. The molecule has 2 spiro atoms. The van der Waals surface area contributed by atoms with Crippen LogP contribution in [-0.2, 0) is 38.1 Å². The van der Waals surface area contributed by atoms with Crippen molar-refractivity contribution >= 4 is 33.5 Å². The number of hydrogen-bond donors (Lipinski definition) is 1. The van der Waals surface area contributed by atoms with Gasteiger partial charge >= 0.3 is 5.97 Å². The molecule has 3 aliphatic carbocycles. The number of methoxy groups -OCH3 is 2. The van der Waals surface area contributed by atoms with Gasteiger partial charge in [-0.15, -0.1) is 0 Å². The summed E-state index contributed by atoms with van der Waals surface area (Å²) in [6.07, 6.45) is 8.27. The number of ether oxygens (including phenoxy) is 4. The van der Waals surface area contributed by atoms with Crippen LogP contribution in [0.5, 0.6) is 11.5 Å². The molecular weight excluding hydrogens is 750 g/mol. The summed E-state index contributed by atoms with van der Waals surface area (Å²) in [5.74, 6) is 1.85. The number of aryl methyl sites for hydroxylation is 1. The number of nitrogens with one attached hydrogen (secondary N) is 1. The van der Waals surface area contributed by atoms with Crippen LogP contribution in [0.1, 0.15) is 79.9 Å². The summed E-state index contributed by atoms with van der Waals surface area (Å²) in [5, 5.41) is 0.755. The van der Waals surface area contributed by atoms with Crippen LogP contribution in [0, 0.1) is 17.3 Å². The fourth-order valence-electron chi connectivity index (χ4n) is 9.67. The van der Waals surface area contributed by atoms with Crippen molar-refractivity contribution < 1.29 is 32.2 Å². The highest BCUT2D eigenvalue weighted by Crippen LogP contribution is 2.53. The zero-order valence-electron chi connectivity index (χ0n) is 33.1. The highest BCUT2D eigenvalue weighted by molar-refractivity contribution is 7.87. The van der Waals surface area contributed by atoms with Gasteiger partial charge < -0.3 is 23.8 Å². The third-order valence-electron chi connectivity index (χ3n) is 12.6. The Morgan fingerprint density at radius 3 is 2.48 bits per heavy atom. The molecule has 300 valence electrons. The largest absolute Gasteiger partial charge is 0.497 e. The van der Waals surface area contributed by atoms with E-state index in [1.807, 2.05) is 69.3 Å². The second kappa shape index (κ2) is 15.0. The summed E-state index contributed by atoms with van der Waals surface area (Å²) in [6.45, 7) is 8.92. The molecule has 3 aromatic carbocycles. The van der Waals surface area contributed by atoms with E-state index in [1.54, 1.807) is 14.2 Å². The lowest BCUT2D eigenvalue weighted by atomic mass is 9.60. The standard InChI is InChI=1S/C44H54ClN3O7S/c1-42(2,3)55-41(49)31-11-17-39-38(20-31)47(27-44(28-54-39)18-6-7-30-19-34(45)12-16-37(30)44)24-32-10-15-36(32)40(53-5)33-21-43(22-33)25-48(26-43)56(50,51)46-23-29-8-13-35(52-4)14-9-29/h8-9,11-14,16-17,19-21,32,36,40,46H,6-7,10,15,18,22-28H2,1-5H3/t32-,36+,40-,44-/m0/s1. The predicted molar refractivity (Wildman–Crippen MR) is 218 cm³/mol. The van der Waals surface area contributed by atoms with Gasteiger partial charge in [-0.05, 0) is 136 Å². The topological polar surface area (TPSA) is 107 Å². The average Bonchev–Trinajstić information content (AvgIpc) is 3.26. The van der Waals surface area contributed by atoms with E-state index >= 15 is 0 Å². The summed E-state index contributed by atoms with van der Waals surface area (Å²) in [6, 6.07) is 19.4. The molecule has 56 heavy (non-hydrogen) atoms. The molecule has 1 N–H and O–H groups in total. The number of carbonyl (C=O) groups is 1. The number of esters is 1. The number of carbonyl (C=O) groups excluding carboxylic acids is 1. The van der Waals surface area contributed by atoms with Gasteiger partial charge in [0.05, 0.1) is 31.1 Å². The maximum absolute atomic E-state index is 13.3. The first kappa shape index (κ1) is 39.2. The minimum atomic E-state index is -3.60. The molecule has 1 saturated carbocycles. The van der Waals surface area contributed by atoms with E-state index in [9.17, 15) is 13.2 Å². The molecule has 2 fully saturated rings. The average molecular weight is 804 g/mol. The first-order valence-corrected chi connectivity index (χ1v) is 21.7. The second-order valence-corrected chi connectivity index (χ2v) is 19.8. The van der Waals surface area contributed by atoms with Crippen molar-refractivity contribution in [1.29, 1.82) is 0 Å². The number of hydrogen-bond acceptors (Lipinski definition) is 8. The summed E-state index contributed by atoms with van der Waals surface area (Å²) in [4.78, 5) is 15.8.